The third kappa shape index (κ3) is 3.58. The lowest BCUT2D eigenvalue weighted by Gasteiger charge is -2.36. The number of carbonyl (C=O) groups excluding carboxylic acids is 2. The Morgan fingerprint density at radius 2 is 2.03 bits per heavy atom. The summed E-state index contributed by atoms with van der Waals surface area (Å²) in [6, 6.07) is 4.07. The van der Waals surface area contributed by atoms with Crippen LogP contribution in [0.25, 0.3) is 5.82 Å². The molecule has 2 aromatic heterocycles. The van der Waals surface area contributed by atoms with Crippen LogP contribution in [0.3, 0.4) is 0 Å². The van der Waals surface area contributed by atoms with Gasteiger partial charge in [-0.15, -0.1) is 10.2 Å². The predicted octanol–water partition coefficient (Wildman–Crippen LogP) is 0.534. The van der Waals surface area contributed by atoms with Gasteiger partial charge in [-0.1, -0.05) is 0 Å². The summed E-state index contributed by atoms with van der Waals surface area (Å²) >= 11 is 0. The highest BCUT2D eigenvalue weighted by molar-refractivity contribution is 5.94. The molecule has 1 spiro atoms. The van der Waals surface area contributed by atoms with Gasteiger partial charge in [-0.3, -0.25) is 4.79 Å². The Labute approximate surface area is 178 Å². The van der Waals surface area contributed by atoms with E-state index < -0.39 is 0 Å². The summed E-state index contributed by atoms with van der Waals surface area (Å²) in [5, 5.41) is 22.9. The zero-order valence-electron chi connectivity index (χ0n) is 17.3. The molecule has 11 heteroatoms. The van der Waals surface area contributed by atoms with E-state index in [2.05, 4.69) is 31.0 Å². The van der Waals surface area contributed by atoms with E-state index in [1.165, 1.54) is 11.0 Å². The summed E-state index contributed by atoms with van der Waals surface area (Å²) in [5.74, 6) is 0.408. The number of esters is 1. The molecule has 2 fully saturated rings. The molecule has 0 aromatic carbocycles. The minimum absolute atomic E-state index is 0.155. The van der Waals surface area contributed by atoms with Crippen LogP contribution in [0.4, 0.5) is 0 Å². The highest BCUT2D eigenvalue weighted by Gasteiger charge is 2.50. The van der Waals surface area contributed by atoms with Crippen molar-refractivity contribution in [3.05, 3.63) is 35.4 Å². The van der Waals surface area contributed by atoms with Gasteiger partial charge in [0.2, 0.25) is 5.91 Å². The second kappa shape index (κ2) is 7.80. The Morgan fingerprint density at radius 1 is 1.19 bits per heavy atom. The summed E-state index contributed by atoms with van der Waals surface area (Å²) in [6.45, 7) is 3.24. The monoisotopic (exact) mass is 424 g/mol. The summed E-state index contributed by atoms with van der Waals surface area (Å²) in [6.07, 6.45) is 5.89. The topological polar surface area (TPSA) is 128 Å². The standard InChI is InChI=1S/C20H24N8O3/c1-13-16(11-31-18(13)29)27-9-8-20(19(27)30)6-4-14(5-7-20)21-10-15-2-3-17(24-23-15)28-12-22-25-26-28/h2-3,12,14,21H,4-11H2,1H3. The average molecular weight is 424 g/mol. The fourth-order valence-corrected chi connectivity index (χ4v) is 4.75. The van der Waals surface area contributed by atoms with Gasteiger partial charge >= 0.3 is 5.97 Å². The molecule has 4 heterocycles. The maximum atomic E-state index is 13.2. The molecule has 1 amide bonds. The Bertz CT molecular complexity index is 1010. The molecule has 0 unspecified atom stereocenters. The number of likely N-dealkylation sites (tertiary alicyclic amines) is 1. The normalized spacial score (nSPS) is 26.2. The second-order valence-corrected chi connectivity index (χ2v) is 8.43. The van der Waals surface area contributed by atoms with Crippen molar-refractivity contribution in [2.24, 2.45) is 5.41 Å². The first kappa shape index (κ1) is 19.7. The molecule has 2 aliphatic heterocycles. The number of carbonyl (C=O) groups is 2. The molecular formula is C20H24N8O3. The Hall–Kier alpha value is -3.21. The lowest BCUT2D eigenvalue weighted by molar-refractivity contribution is -0.138. The van der Waals surface area contributed by atoms with Crippen LogP contribution >= 0.6 is 0 Å². The van der Waals surface area contributed by atoms with Gasteiger partial charge in [-0.2, -0.15) is 9.78 Å². The second-order valence-electron chi connectivity index (χ2n) is 8.43. The minimum atomic E-state index is -0.314. The van der Waals surface area contributed by atoms with Crippen molar-refractivity contribution < 1.29 is 14.3 Å². The quantitative estimate of drug-likeness (QED) is 0.684. The lowest BCUT2D eigenvalue weighted by Crippen LogP contribution is -2.42. The number of cyclic esters (lactones) is 1. The Morgan fingerprint density at radius 3 is 2.68 bits per heavy atom. The fourth-order valence-electron chi connectivity index (χ4n) is 4.75. The molecule has 2 aromatic rings. The molecule has 3 aliphatic rings. The number of nitrogens with one attached hydrogen (secondary N) is 1. The van der Waals surface area contributed by atoms with Crippen molar-refractivity contribution in [3.8, 4) is 5.82 Å². The smallest absolute Gasteiger partial charge is 0.336 e. The number of hydrogen-bond acceptors (Lipinski definition) is 9. The first-order valence-corrected chi connectivity index (χ1v) is 10.5. The van der Waals surface area contributed by atoms with Crippen LogP contribution in [0.1, 0.15) is 44.7 Å². The van der Waals surface area contributed by atoms with Gasteiger partial charge < -0.3 is 15.0 Å². The van der Waals surface area contributed by atoms with Crippen molar-refractivity contribution in [2.75, 3.05) is 13.2 Å². The molecule has 1 saturated carbocycles. The van der Waals surface area contributed by atoms with Crippen molar-refractivity contribution in [2.45, 2.75) is 51.6 Å². The Balaban J connectivity index is 1.15. The van der Waals surface area contributed by atoms with Crippen LogP contribution in [0.2, 0.25) is 0 Å². The first-order valence-electron chi connectivity index (χ1n) is 10.5. The number of amides is 1. The maximum Gasteiger partial charge on any atom is 0.336 e. The summed E-state index contributed by atoms with van der Waals surface area (Å²) in [7, 11) is 0. The van der Waals surface area contributed by atoms with Crippen LogP contribution in [0, 0.1) is 5.41 Å². The van der Waals surface area contributed by atoms with E-state index in [-0.39, 0.29) is 23.9 Å². The predicted molar refractivity (Wildman–Crippen MR) is 106 cm³/mol. The molecule has 1 saturated heterocycles. The zero-order valence-corrected chi connectivity index (χ0v) is 17.3. The van der Waals surface area contributed by atoms with Crippen LogP contribution in [-0.4, -0.2) is 66.4 Å². The van der Waals surface area contributed by atoms with Crippen LogP contribution in [0.15, 0.2) is 29.7 Å². The molecule has 0 bridgehead atoms. The third-order valence-electron chi connectivity index (χ3n) is 6.72. The van der Waals surface area contributed by atoms with Gasteiger partial charge in [0.15, 0.2) is 5.82 Å². The Kier molecular flexibility index (Phi) is 4.97. The molecule has 0 radical (unpaired) electrons. The number of tetrazole rings is 1. The van der Waals surface area contributed by atoms with Crippen molar-refractivity contribution in [1.82, 2.24) is 40.6 Å². The van der Waals surface area contributed by atoms with Crippen LogP contribution in [0.5, 0.6) is 0 Å². The summed E-state index contributed by atoms with van der Waals surface area (Å²) in [4.78, 5) is 26.7. The molecule has 11 nitrogen and oxygen atoms in total. The van der Waals surface area contributed by atoms with E-state index in [9.17, 15) is 9.59 Å². The lowest BCUT2D eigenvalue weighted by atomic mass is 9.71. The van der Waals surface area contributed by atoms with Gasteiger partial charge in [0.25, 0.3) is 0 Å². The van der Waals surface area contributed by atoms with E-state index in [1.807, 2.05) is 12.1 Å². The SMILES string of the molecule is CC1=C(N2CCC3(CCC(NCc4ccc(-n5cnnn5)nn4)CC3)C2=O)COC1=O. The minimum Gasteiger partial charge on any atom is -0.456 e. The number of ether oxygens (including phenoxy) is 1. The van der Waals surface area contributed by atoms with E-state index in [1.54, 1.807) is 11.8 Å². The van der Waals surface area contributed by atoms with E-state index in [4.69, 9.17) is 4.74 Å². The molecule has 1 aliphatic carbocycles. The fraction of sp³-hybridized carbons (Fsp3) is 0.550. The van der Waals surface area contributed by atoms with Crippen molar-refractivity contribution >= 4 is 11.9 Å². The van der Waals surface area contributed by atoms with E-state index in [0.717, 1.165) is 43.5 Å². The van der Waals surface area contributed by atoms with E-state index >= 15 is 0 Å². The molecule has 1 N–H and O–H groups in total. The largest absolute Gasteiger partial charge is 0.456 e. The van der Waals surface area contributed by atoms with Gasteiger partial charge in [-0.05, 0) is 61.6 Å². The van der Waals surface area contributed by atoms with E-state index in [0.29, 0.717) is 30.5 Å². The highest BCUT2D eigenvalue weighted by atomic mass is 16.5. The van der Waals surface area contributed by atoms with Gasteiger partial charge in [0.05, 0.1) is 22.4 Å². The highest BCUT2D eigenvalue weighted by Crippen LogP contribution is 2.46. The number of rotatable bonds is 5. The van der Waals surface area contributed by atoms with Gasteiger partial charge in [0, 0.05) is 19.1 Å². The van der Waals surface area contributed by atoms with Gasteiger partial charge in [-0.25, -0.2) is 4.79 Å². The molecule has 0 atom stereocenters. The molecule has 162 valence electrons. The molecule has 5 rings (SSSR count). The summed E-state index contributed by atoms with van der Waals surface area (Å²) < 4.78 is 6.55. The first-order chi connectivity index (χ1) is 15.1. The number of nitrogens with zero attached hydrogens (tertiary/aromatic N) is 7. The number of hydrogen-bond donors (Lipinski definition) is 1. The summed E-state index contributed by atoms with van der Waals surface area (Å²) in [5.41, 5.74) is 1.85. The number of aromatic nitrogens is 6. The van der Waals surface area contributed by atoms with Crippen molar-refractivity contribution in [3.63, 3.8) is 0 Å². The van der Waals surface area contributed by atoms with Crippen LogP contribution < -0.4 is 5.32 Å². The molecular weight excluding hydrogens is 400 g/mol. The third-order valence-corrected chi connectivity index (χ3v) is 6.72. The molecule has 31 heavy (non-hydrogen) atoms. The van der Waals surface area contributed by atoms with Crippen molar-refractivity contribution in [1.29, 1.82) is 0 Å². The maximum absolute atomic E-state index is 13.2. The average Bonchev–Trinajstić information content (AvgIpc) is 3.51. The zero-order chi connectivity index (χ0) is 21.4. The van der Waals surface area contributed by atoms with Gasteiger partial charge in [0.1, 0.15) is 12.9 Å². The van der Waals surface area contributed by atoms with Crippen LogP contribution in [-0.2, 0) is 20.9 Å².